The molecule has 0 saturated carbocycles. The van der Waals surface area contributed by atoms with Gasteiger partial charge in [-0.1, -0.05) is 24.3 Å². The second kappa shape index (κ2) is 9.61. The number of amides is 1. The first-order valence-electron chi connectivity index (χ1n) is 12.0. The van der Waals surface area contributed by atoms with E-state index in [1.165, 1.54) is 0 Å². The summed E-state index contributed by atoms with van der Waals surface area (Å²) in [6.07, 6.45) is 3.69. The van der Waals surface area contributed by atoms with Gasteiger partial charge in [0.15, 0.2) is 0 Å². The Balaban J connectivity index is 1.52. The number of nitrogens with zero attached hydrogens (tertiary/aromatic N) is 1. The maximum absolute atomic E-state index is 13.7. The molecule has 1 aliphatic rings. The monoisotopic (exact) mass is 453 g/mol. The summed E-state index contributed by atoms with van der Waals surface area (Å²) in [6, 6.07) is 22.8. The number of carbonyl (C=O) groups is 1. The molecule has 4 aromatic rings. The summed E-state index contributed by atoms with van der Waals surface area (Å²) in [5, 5.41) is 8.21. The Hall–Kier alpha value is -3.77. The molecule has 1 unspecified atom stereocenters. The molecule has 3 aromatic carbocycles. The standard InChI is InChI=1S/C28H31N5O/c1-19-12-16-33(27-6-3-2-5-25(27)32-19)28(34)22-7-9-23(26(18-22)30-14-4-13-29)20-8-10-24-21(17-20)11-15-31-24/h2-3,5-11,15,17-19,30-32H,4,12-14,16,29H2,1H3. The van der Waals surface area contributed by atoms with Gasteiger partial charge in [-0.3, -0.25) is 4.79 Å². The van der Waals surface area contributed by atoms with Gasteiger partial charge < -0.3 is 26.3 Å². The van der Waals surface area contributed by atoms with Gasteiger partial charge in [-0.05, 0) is 79.7 Å². The van der Waals surface area contributed by atoms with Crippen molar-refractivity contribution in [2.24, 2.45) is 5.73 Å². The molecule has 0 aliphatic carbocycles. The summed E-state index contributed by atoms with van der Waals surface area (Å²) in [4.78, 5) is 18.9. The maximum Gasteiger partial charge on any atom is 0.258 e. The number of rotatable bonds is 6. The molecule has 0 fully saturated rings. The Kier molecular flexibility index (Phi) is 6.23. The molecule has 0 spiro atoms. The Morgan fingerprint density at radius 2 is 2.00 bits per heavy atom. The third-order valence-corrected chi connectivity index (χ3v) is 6.45. The summed E-state index contributed by atoms with van der Waals surface area (Å²) in [7, 11) is 0. The average Bonchev–Trinajstić information content (AvgIpc) is 3.26. The van der Waals surface area contributed by atoms with E-state index in [4.69, 9.17) is 5.73 Å². The Labute approximate surface area is 200 Å². The Morgan fingerprint density at radius 3 is 2.88 bits per heavy atom. The molecule has 1 amide bonds. The van der Waals surface area contributed by atoms with E-state index in [1.54, 1.807) is 0 Å². The van der Waals surface area contributed by atoms with Crippen molar-refractivity contribution >= 4 is 33.9 Å². The summed E-state index contributed by atoms with van der Waals surface area (Å²) < 4.78 is 0. The van der Waals surface area contributed by atoms with Crippen LogP contribution in [0.5, 0.6) is 0 Å². The van der Waals surface area contributed by atoms with Gasteiger partial charge in [0.2, 0.25) is 0 Å². The first kappa shape index (κ1) is 22.0. The number of nitrogens with one attached hydrogen (secondary N) is 3. The fourth-order valence-electron chi connectivity index (χ4n) is 4.60. The second-order valence-corrected chi connectivity index (χ2v) is 8.92. The van der Waals surface area contributed by atoms with Crippen LogP contribution in [-0.2, 0) is 0 Å². The van der Waals surface area contributed by atoms with Crippen LogP contribution in [-0.4, -0.2) is 36.6 Å². The van der Waals surface area contributed by atoms with Crippen molar-refractivity contribution in [2.75, 3.05) is 35.2 Å². The zero-order valence-electron chi connectivity index (χ0n) is 19.5. The van der Waals surface area contributed by atoms with Gasteiger partial charge in [0.25, 0.3) is 5.91 Å². The summed E-state index contributed by atoms with van der Waals surface area (Å²) in [5.41, 5.74) is 12.6. The number of nitrogens with two attached hydrogens (primary N) is 1. The van der Waals surface area contributed by atoms with Crippen molar-refractivity contribution < 1.29 is 4.79 Å². The van der Waals surface area contributed by atoms with Gasteiger partial charge in [-0.25, -0.2) is 0 Å². The van der Waals surface area contributed by atoms with Crippen LogP contribution in [0.25, 0.3) is 22.0 Å². The van der Waals surface area contributed by atoms with Gasteiger partial charge in [0.05, 0.1) is 11.4 Å². The number of hydrogen-bond donors (Lipinski definition) is 4. The summed E-state index contributed by atoms with van der Waals surface area (Å²) in [5.74, 6) is 0.0119. The lowest BCUT2D eigenvalue weighted by Gasteiger charge is -2.23. The lowest BCUT2D eigenvalue weighted by Crippen LogP contribution is -2.32. The first-order chi connectivity index (χ1) is 16.6. The molecule has 6 nitrogen and oxygen atoms in total. The van der Waals surface area contributed by atoms with Crippen LogP contribution in [0.2, 0.25) is 0 Å². The van der Waals surface area contributed by atoms with E-state index in [0.29, 0.717) is 24.7 Å². The molecule has 6 heteroatoms. The highest BCUT2D eigenvalue weighted by atomic mass is 16.2. The van der Waals surface area contributed by atoms with Crippen LogP contribution in [0.1, 0.15) is 30.1 Å². The minimum absolute atomic E-state index is 0.0119. The largest absolute Gasteiger partial charge is 0.384 e. The van der Waals surface area contributed by atoms with Gasteiger partial charge in [0.1, 0.15) is 0 Å². The molecule has 5 rings (SSSR count). The highest BCUT2D eigenvalue weighted by molar-refractivity contribution is 6.09. The highest BCUT2D eigenvalue weighted by Gasteiger charge is 2.25. The van der Waals surface area contributed by atoms with E-state index in [9.17, 15) is 4.79 Å². The Morgan fingerprint density at radius 1 is 1.12 bits per heavy atom. The van der Waals surface area contributed by atoms with E-state index in [2.05, 4.69) is 52.9 Å². The average molecular weight is 454 g/mol. The number of H-pyrrole nitrogens is 1. The number of carbonyl (C=O) groups excluding carboxylic acids is 1. The van der Waals surface area contributed by atoms with E-state index in [1.807, 2.05) is 47.5 Å². The van der Waals surface area contributed by atoms with Gasteiger partial charge in [-0.2, -0.15) is 0 Å². The molecule has 2 heterocycles. The maximum atomic E-state index is 13.7. The number of benzene rings is 3. The van der Waals surface area contributed by atoms with Crippen LogP contribution >= 0.6 is 0 Å². The predicted molar refractivity (Wildman–Crippen MR) is 142 cm³/mol. The molecule has 5 N–H and O–H groups in total. The summed E-state index contributed by atoms with van der Waals surface area (Å²) in [6.45, 7) is 4.19. The van der Waals surface area contributed by atoms with Crippen LogP contribution in [0, 0.1) is 0 Å². The van der Waals surface area contributed by atoms with Crippen LogP contribution in [0.15, 0.2) is 72.9 Å². The van der Waals surface area contributed by atoms with Crippen LogP contribution < -0.4 is 21.3 Å². The number of para-hydroxylation sites is 2. The normalized spacial score (nSPS) is 15.5. The molecular formula is C28H31N5O. The molecular weight excluding hydrogens is 422 g/mol. The zero-order valence-corrected chi connectivity index (χ0v) is 19.5. The van der Waals surface area contributed by atoms with Crippen molar-refractivity contribution in [1.29, 1.82) is 0 Å². The molecule has 174 valence electrons. The third-order valence-electron chi connectivity index (χ3n) is 6.45. The van der Waals surface area contributed by atoms with E-state index in [-0.39, 0.29) is 5.91 Å². The van der Waals surface area contributed by atoms with Crippen molar-refractivity contribution in [3.8, 4) is 11.1 Å². The smallest absolute Gasteiger partial charge is 0.258 e. The van der Waals surface area contributed by atoms with Crippen molar-refractivity contribution in [1.82, 2.24) is 4.98 Å². The summed E-state index contributed by atoms with van der Waals surface area (Å²) >= 11 is 0. The molecule has 1 atom stereocenters. The highest BCUT2D eigenvalue weighted by Crippen LogP contribution is 2.34. The minimum atomic E-state index is 0.0119. The van der Waals surface area contributed by atoms with Crippen molar-refractivity contribution in [2.45, 2.75) is 25.8 Å². The number of aromatic nitrogens is 1. The topological polar surface area (TPSA) is 86.2 Å². The molecule has 34 heavy (non-hydrogen) atoms. The fraction of sp³-hybridized carbons (Fsp3) is 0.250. The first-order valence-corrected chi connectivity index (χ1v) is 12.0. The molecule has 0 saturated heterocycles. The van der Waals surface area contributed by atoms with Gasteiger partial charge in [-0.15, -0.1) is 0 Å². The molecule has 1 aromatic heterocycles. The zero-order chi connectivity index (χ0) is 23.5. The van der Waals surface area contributed by atoms with Crippen molar-refractivity contribution in [3.05, 3.63) is 78.5 Å². The van der Waals surface area contributed by atoms with Crippen LogP contribution in [0.3, 0.4) is 0 Å². The lowest BCUT2D eigenvalue weighted by molar-refractivity contribution is 0.0987. The van der Waals surface area contributed by atoms with E-state index < -0.39 is 0 Å². The van der Waals surface area contributed by atoms with Gasteiger partial charge >= 0.3 is 0 Å². The van der Waals surface area contributed by atoms with Crippen molar-refractivity contribution in [3.63, 3.8) is 0 Å². The molecule has 0 bridgehead atoms. The minimum Gasteiger partial charge on any atom is -0.384 e. The van der Waals surface area contributed by atoms with E-state index >= 15 is 0 Å². The predicted octanol–water partition coefficient (Wildman–Crippen LogP) is 5.45. The molecule has 1 aliphatic heterocycles. The number of aromatic amines is 1. The SMILES string of the molecule is CC1CCN(C(=O)c2ccc(-c3ccc4[nH]ccc4c3)c(NCCCN)c2)c2ccccc2N1. The Bertz CT molecular complexity index is 1310. The quantitative estimate of drug-likeness (QED) is 0.293. The lowest BCUT2D eigenvalue weighted by atomic mass is 9.99. The fourth-order valence-corrected chi connectivity index (χ4v) is 4.60. The second-order valence-electron chi connectivity index (χ2n) is 8.92. The number of hydrogen-bond acceptors (Lipinski definition) is 4. The number of fused-ring (bicyclic) bond motifs is 2. The van der Waals surface area contributed by atoms with Gasteiger partial charge in [0, 0.05) is 47.7 Å². The molecule has 0 radical (unpaired) electrons. The third kappa shape index (κ3) is 4.37. The van der Waals surface area contributed by atoms with E-state index in [0.717, 1.165) is 58.5 Å². The van der Waals surface area contributed by atoms with Crippen LogP contribution in [0.4, 0.5) is 17.1 Å². The number of anilines is 3.